The second-order valence-corrected chi connectivity index (χ2v) is 9.08. The molecule has 0 saturated heterocycles. The molecule has 0 aliphatic rings. The van der Waals surface area contributed by atoms with Gasteiger partial charge in [0.05, 0.1) is 11.3 Å². The molecular weight excluding hydrogens is 445 g/mol. The Labute approximate surface area is 197 Å². The summed E-state index contributed by atoms with van der Waals surface area (Å²) >= 11 is 1.37. The average molecular weight is 477 g/mol. The molecule has 2 aromatic heterocycles. The Kier molecular flexibility index (Phi) is 9.11. The number of thiazole rings is 1. The van der Waals surface area contributed by atoms with Gasteiger partial charge < -0.3 is 10.2 Å². The van der Waals surface area contributed by atoms with E-state index >= 15 is 0 Å². The minimum absolute atomic E-state index is 0.206. The van der Waals surface area contributed by atoms with Crippen LogP contribution in [0.5, 0.6) is 0 Å². The van der Waals surface area contributed by atoms with Gasteiger partial charge in [-0.2, -0.15) is 13.2 Å². The van der Waals surface area contributed by atoms with Gasteiger partial charge in [0.25, 0.3) is 0 Å². The minimum atomic E-state index is -4.43. The molecule has 2 heterocycles. The predicted octanol–water partition coefficient (Wildman–Crippen LogP) is 7.69. The number of pyridine rings is 1. The Morgan fingerprint density at radius 3 is 2.58 bits per heavy atom. The van der Waals surface area contributed by atoms with Gasteiger partial charge in [-0.15, -0.1) is 11.3 Å². The van der Waals surface area contributed by atoms with Crippen LogP contribution in [0, 0.1) is 0 Å². The molecule has 4 nitrogen and oxygen atoms in total. The van der Waals surface area contributed by atoms with Crippen molar-refractivity contribution >= 4 is 27.8 Å². The number of hydrogen-bond donors (Lipinski definition) is 1. The predicted molar refractivity (Wildman–Crippen MR) is 131 cm³/mol. The van der Waals surface area contributed by atoms with Crippen LogP contribution in [-0.4, -0.2) is 23.6 Å². The van der Waals surface area contributed by atoms with E-state index in [9.17, 15) is 13.2 Å². The van der Waals surface area contributed by atoms with Crippen LogP contribution in [0.25, 0.3) is 0 Å². The molecule has 0 radical (unpaired) electrons. The number of nitrogens with zero attached hydrogens (tertiary/aromatic N) is 3. The van der Waals surface area contributed by atoms with Crippen molar-refractivity contribution in [1.82, 2.24) is 9.97 Å². The van der Waals surface area contributed by atoms with Crippen LogP contribution in [0.15, 0.2) is 48.1 Å². The lowest BCUT2D eigenvalue weighted by Crippen LogP contribution is -2.22. The lowest BCUT2D eigenvalue weighted by Gasteiger charge is -2.24. The first-order valence-electron chi connectivity index (χ1n) is 11.4. The quantitative estimate of drug-likeness (QED) is 0.272. The van der Waals surface area contributed by atoms with Gasteiger partial charge in [-0.1, -0.05) is 45.1 Å². The highest BCUT2D eigenvalue weighted by Crippen LogP contribution is 2.38. The first kappa shape index (κ1) is 25.0. The van der Waals surface area contributed by atoms with E-state index in [0.29, 0.717) is 23.8 Å². The largest absolute Gasteiger partial charge is 0.418 e. The zero-order valence-electron chi connectivity index (χ0n) is 19.2. The van der Waals surface area contributed by atoms with E-state index in [1.54, 1.807) is 36.5 Å². The molecular formula is C25H31F3N4S. The number of aromatic nitrogens is 2. The molecule has 0 aliphatic heterocycles. The molecule has 3 rings (SSSR count). The van der Waals surface area contributed by atoms with E-state index in [0.717, 1.165) is 30.5 Å². The number of unbranched alkanes of at least 4 members (excludes halogenated alkanes) is 5. The van der Waals surface area contributed by atoms with Crippen LogP contribution in [0.3, 0.4) is 0 Å². The van der Waals surface area contributed by atoms with Gasteiger partial charge in [-0.25, -0.2) is 4.98 Å². The summed E-state index contributed by atoms with van der Waals surface area (Å²) in [5, 5.41) is 5.50. The van der Waals surface area contributed by atoms with Crippen molar-refractivity contribution in [3.8, 4) is 0 Å². The summed E-state index contributed by atoms with van der Waals surface area (Å²) < 4.78 is 41.5. The first-order chi connectivity index (χ1) is 15.9. The maximum absolute atomic E-state index is 13.8. The number of nitrogens with one attached hydrogen (secondary N) is 1. The monoisotopic (exact) mass is 476 g/mol. The fraction of sp³-hybridized carbons (Fsp3) is 0.440. The Morgan fingerprint density at radius 2 is 1.85 bits per heavy atom. The van der Waals surface area contributed by atoms with Gasteiger partial charge in [-0.05, 0) is 36.2 Å². The van der Waals surface area contributed by atoms with Crippen LogP contribution in [0.4, 0.5) is 29.7 Å². The standard InChI is InChI=1S/C25H31F3N4S/c1-3-4-5-6-7-8-14-32(2)23-12-11-20(16-22(23)25(26,27)28)30-24-31-21(18-33-24)15-19-10-9-13-29-17-19/h9-13,16-18H,3-8,14-15H2,1-2H3,(H,30,31). The first-order valence-corrected chi connectivity index (χ1v) is 12.3. The third kappa shape index (κ3) is 7.74. The zero-order valence-corrected chi connectivity index (χ0v) is 20.0. The average Bonchev–Trinajstić information content (AvgIpc) is 3.22. The molecule has 0 atom stereocenters. The van der Waals surface area contributed by atoms with E-state index in [2.05, 4.69) is 22.2 Å². The van der Waals surface area contributed by atoms with E-state index in [4.69, 9.17) is 0 Å². The molecule has 0 saturated carbocycles. The minimum Gasteiger partial charge on any atom is -0.374 e. The van der Waals surface area contributed by atoms with Crippen molar-refractivity contribution in [1.29, 1.82) is 0 Å². The molecule has 0 bridgehead atoms. The summed E-state index contributed by atoms with van der Waals surface area (Å²) in [5.41, 5.74) is 1.83. The van der Waals surface area contributed by atoms with Crippen LogP contribution in [0.2, 0.25) is 0 Å². The summed E-state index contributed by atoms with van der Waals surface area (Å²) in [5.74, 6) is 0. The summed E-state index contributed by atoms with van der Waals surface area (Å²) in [6.07, 6.45) is 6.33. The van der Waals surface area contributed by atoms with E-state index in [1.165, 1.54) is 36.7 Å². The third-order valence-corrected chi connectivity index (χ3v) is 6.28. The molecule has 1 N–H and O–H groups in total. The van der Waals surface area contributed by atoms with Crippen LogP contribution in [0.1, 0.15) is 62.3 Å². The molecule has 8 heteroatoms. The fourth-order valence-electron chi connectivity index (χ4n) is 3.70. The Bertz CT molecular complexity index is 989. The van der Waals surface area contributed by atoms with Crippen molar-refractivity contribution < 1.29 is 13.2 Å². The van der Waals surface area contributed by atoms with Crippen LogP contribution >= 0.6 is 11.3 Å². The molecule has 33 heavy (non-hydrogen) atoms. The number of hydrogen-bond acceptors (Lipinski definition) is 5. The van der Waals surface area contributed by atoms with Gasteiger partial charge >= 0.3 is 6.18 Å². The molecule has 178 valence electrons. The summed E-state index contributed by atoms with van der Waals surface area (Å²) in [7, 11) is 1.73. The lowest BCUT2D eigenvalue weighted by molar-refractivity contribution is -0.137. The SMILES string of the molecule is CCCCCCCCN(C)c1ccc(Nc2nc(Cc3cccnc3)cs2)cc1C(F)(F)F. The van der Waals surface area contributed by atoms with Gasteiger partial charge in [0.1, 0.15) is 0 Å². The zero-order chi connectivity index (χ0) is 23.7. The second-order valence-electron chi connectivity index (χ2n) is 8.23. The van der Waals surface area contributed by atoms with E-state index < -0.39 is 11.7 Å². The van der Waals surface area contributed by atoms with Crippen LogP contribution in [-0.2, 0) is 12.6 Å². The molecule has 0 amide bonds. The van der Waals surface area contributed by atoms with E-state index in [1.807, 2.05) is 17.5 Å². The Morgan fingerprint density at radius 1 is 1.06 bits per heavy atom. The van der Waals surface area contributed by atoms with Crippen LogP contribution < -0.4 is 10.2 Å². The molecule has 0 aliphatic carbocycles. The molecule has 0 spiro atoms. The second kappa shape index (κ2) is 12.0. The number of alkyl halides is 3. The highest BCUT2D eigenvalue weighted by molar-refractivity contribution is 7.13. The Balaban J connectivity index is 1.65. The van der Waals surface area contributed by atoms with Crippen molar-refractivity contribution in [2.45, 2.75) is 58.0 Å². The highest BCUT2D eigenvalue weighted by atomic mass is 32.1. The number of anilines is 3. The fourth-order valence-corrected chi connectivity index (χ4v) is 4.43. The number of benzene rings is 1. The highest BCUT2D eigenvalue weighted by Gasteiger charge is 2.34. The van der Waals surface area contributed by atoms with Gasteiger partial charge in [0.15, 0.2) is 5.13 Å². The van der Waals surface area contributed by atoms with Gasteiger partial charge in [0, 0.05) is 49.2 Å². The Hall–Kier alpha value is -2.61. The summed E-state index contributed by atoms with van der Waals surface area (Å²) in [6.45, 7) is 2.77. The van der Waals surface area contributed by atoms with Gasteiger partial charge in [0.2, 0.25) is 0 Å². The van der Waals surface area contributed by atoms with E-state index in [-0.39, 0.29) is 5.69 Å². The topological polar surface area (TPSA) is 41.0 Å². The van der Waals surface area contributed by atoms with Crippen molar-refractivity contribution in [3.63, 3.8) is 0 Å². The number of halogens is 3. The summed E-state index contributed by atoms with van der Waals surface area (Å²) in [6, 6.07) is 8.24. The third-order valence-electron chi connectivity index (χ3n) is 5.47. The molecule has 0 fully saturated rings. The number of rotatable bonds is 12. The maximum atomic E-state index is 13.8. The summed E-state index contributed by atoms with van der Waals surface area (Å²) in [4.78, 5) is 10.3. The van der Waals surface area contributed by atoms with Gasteiger partial charge in [-0.3, -0.25) is 4.98 Å². The van der Waals surface area contributed by atoms with Crippen molar-refractivity contribution in [2.24, 2.45) is 0 Å². The molecule has 0 unspecified atom stereocenters. The normalized spacial score (nSPS) is 11.5. The molecule has 3 aromatic rings. The smallest absolute Gasteiger partial charge is 0.374 e. The maximum Gasteiger partial charge on any atom is 0.418 e. The van der Waals surface area contributed by atoms with Crippen molar-refractivity contribution in [2.75, 3.05) is 23.8 Å². The lowest BCUT2D eigenvalue weighted by atomic mass is 10.1. The van der Waals surface area contributed by atoms with Crippen molar-refractivity contribution in [3.05, 3.63) is 64.9 Å². The molecule has 1 aromatic carbocycles.